The highest BCUT2D eigenvalue weighted by atomic mass is 32.2. The van der Waals surface area contributed by atoms with Crippen LogP contribution in [0.4, 0.5) is 0 Å². The van der Waals surface area contributed by atoms with Gasteiger partial charge in [-0.15, -0.1) is 11.8 Å². The SMILES string of the molecule is COC(=O)c1ccc(C2SCC(=O)N2Cc2ccc(S(N)(=O)=O)cc2)cc1. The zero-order valence-electron chi connectivity index (χ0n) is 14.5. The summed E-state index contributed by atoms with van der Waals surface area (Å²) in [5, 5.41) is 4.93. The van der Waals surface area contributed by atoms with Crippen molar-refractivity contribution in [2.75, 3.05) is 12.9 Å². The van der Waals surface area contributed by atoms with E-state index in [1.54, 1.807) is 41.3 Å². The summed E-state index contributed by atoms with van der Waals surface area (Å²) in [7, 11) is -2.42. The van der Waals surface area contributed by atoms with Gasteiger partial charge in [0, 0.05) is 6.54 Å². The Kier molecular flexibility index (Phi) is 5.54. The van der Waals surface area contributed by atoms with Gasteiger partial charge in [-0.1, -0.05) is 24.3 Å². The lowest BCUT2D eigenvalue weighted by Crippen LogP contribution is -2.27. The summed E-state index contributed by atoms with van der Waals surface area (Å²) in [5.74, 6) is -0.0559. The van der Waals surface area contributed by atoms with Crippen molar-refractivity contribution in [3.05, 3.63) is 65.2 Å². The molecule has 0 bridgehead atoms. The monoisotopic (exact) mass is 406 g/mol. The topological polar surface area (TPSA) is 107 Å². The number of carbonyl (C=O) groups is 2. The largest absolute Gasteiger partial charge is 0.465 e. The van der Waals surface area contributed by atoms with Crippen molar-refractivity contribution in [1.29, 1.82) is 0 Å². The van der Waals surface area contributed by atoms with Crippen LogP contribution in [0.25, 0.3) is 0 Å². The van der Waals surface area contributed by atoms with Crippen LogP contribution in [0.15, 0.2) is 53.4 Å². The van der Waals surface area contributed by atoms with E-state index in [1.807, 2.05) is 0 Å². The van der Waals surface area contributed by atoms with E-state index in [-0.39, 0.29) is 16.2 Å². The Morgan fingerprint density at radius 2 is 1.81 bits per heavy atom. The molecule has 27 heavy (non-hydrogen) atoms. The molecule has 2 aromatic carbocycles. The van der Waals surface area contributed by atoms with Crippen LogP contribution >= 0.6 is 11.8 Å². The maximum Gasteiger partial charge on any atom is 0.337 e. The quantitative estimate of drug-likeness (QED) is 0.760. The zero-order chi connectivity index (χ0) is 19.6. The molecule has 0 radical (unpaired) electrons. The van der Waals surface area contributed by atoms with Crippen molar-refractivity contribution < 1.29 is 22.7 Å². The van der Waals surface area contributed by atoms with Crippen LogP contribution < -0.4 is 5.14 Å². The molecule has 3 rings (SSSR count). The van der Waals surface area contributed by atoms with Gasteiger partial charge in [-0.05, 0) is 35.4 Å². The maximum absolute atomic E-state index is 12.3. The van der Waals surface area contributed by atoms with E-state index in [0.29, 0.717) is 17.9 Å². The van der Waals surface area contributed by atoms with Gasteiger partial charge in [-0.2, -0.15) is 0 Å². The van der Waals surface area contributed by atoms with E-state index in [9.17, 15) is 18.0 Å². The van der Waals surface area contributed by atoms with E-state index in [4.69, 9.17) is 9.88 Å². The highest BCUT2D eigenvalue weighted by Gasteiger charge is 2.32. The molecule has 9 heteroatoms. The van der Waals surface area contributed by atoms with Crippen molar-refractivity contribution >= 4 is 33.7 Å². The second-order valence-corrected chi connectivity index (χ2v) is 8.62. The number of nitrogens with zero attached hydrogens (tertiary/aromatic N) is 1. The first-order valence-electron chi connectivity index (χ1n) is 8.00. The molecular weight excluding hydrogens is 388 g/mol. The standard InChI is InChI=1S/C18H18N2O5S2/c1-25-18(22)14-6-4-13(5-7-14)17-20(16(21)11-26-17)10-12-2-8-15(9-3-12)27(19,23)24/h2-9,17H,10-11H2,1H3,(H2,19,23,24). The van der Waals surface area contributed by atoms with Crippen LogP contribution in [0.3, 0.4) is 0 Å². The molecule has 1 heterocycles. The summed E-state index contributed by atoms with van der Waals surface area (Å²) in [4.78, 5) is 25.6. The molecule has 1 saturated heterocycles. The van der Waals surface area contributed by atoms with E-state index >= 15 is 0 Å². The summed E-state index contributed by atoms with van der Waals surface area (Å²) in [6.45, 7) is 0.347. The minimum Gasteiger partial charge on any atom is -0.465 e. The van der Waals surface area contributed by atoms with Gasteiger partial charge in [-0.3, -0.25) is 4.79 Å². The molecule has 2 N–H and O–H groups in total. The highest BCUT2D eigenvalue weighted by molar-refractivity contribution is 8.00. The van der Waals surface area contributed by atoms with Crippen LogP contribution in [0.1, 0.15) is 26.9 Å². The van der Waals surface area contributed by atoms with E-state index in [2.05, 4.69) is 0 Å². The first-order chi connectivity index (χ1) is 12.8. The number of esters is 1. The summed E-state index contributed by atoms with van der Waals surface area (Å²) < 4.78 is 27.4. The van der Waals surface area contributed by atoms with Gasteiger partial charge in [0.15, 0.2) is 0 Å². The fraction of sp³-hybridized carbons (Fsp3) is 0.222. The Bertz CT molecular complexity index is 956. The van der Waals surface area contributed by atoms with E-state index in [1.165, 1.54) is 31.0 Å². The number of nitrogens with two attached hydrogens (primary N) is 1. The molecule has 0 spiro atoms. The Morgan fingerprint density at radius 3 is 2.37 bits per heavy atom. The minimum absolute atomic E-state index is 0.00225. The summed E-state index contributed by atoms with van der Waals surface area (Å²) in [6, 6.07) is 13.1. The van der Waals surface area contributed by atoms with Gasteiger partial charge in [0.2, 0.25) is 15.9 Å². The van der Waals surface area contributed by atoms with Gasteiger partial charge < -0.3 is 9.64 Å². The fourth-order valence-electron chi connectivity index (χ4n) is 2.78. The van der Waals surface area contributed by atoms with Gasteiger partial charge in [0.25, 0.3) is 0 Å². The van der Waals surface area contributed by atoms with Crippen LogP contribution in [0.5, 0.6) is 0 Å². The normalized spacial score (nSPS) is 17.2. The third kappa shape index (κ3) is 4.32. The fourth-order valence-corrected chi connectivity index (χ4v) is 4.49. The second kappa shape index (κ2) is 7.71. The molecule has 0 saturated carbocycles. The summed E-state index contributed by atoms with van der Waals surface area (Å²) in [5.41, 5.74) is 2.15. The number of sulfonamides is 1. The molecule has 7 nitrogen and oxygen atoms in total. The van der Waals surface area contributed by atoms with Crippen molar-refractivity contribution in [3.8, 4) is 0 Å². The lowest BCUT2D eigenvalue weighted by atomic mass is 10.1. The number of primary sulfonamides is 1. The number of benzene rings is 2. The van der Waals surface area contributed by atoms with Crippen molar-refractivity contribution in [2.24, 2.45) is 5.14 Å². The molecule has 142 valence electrons. The second-order valence-electron chi connectivity index (χ2n) is 5.99. The number of amides is 1. The van der Waals surface area contributed by atoms with Crippen molar-refractivity contribution in [3.63, 3.8) is 0 Å². The minimum atomic E-state index is -3.75. The van der Waals surface area contributed by atoms with Crippen molar-refractivity contribution in [2.45, 2.75) is 16.8 Å². The highest BCUT2D eigenvalue weighted by Crippen LogP contribution is 2.39. The van der Waals surface area contributed by atoms with Crippen LogP contribution in [-0.2, 0) is 26.1 Å². The molecule has 1 aliphatic heterocycles. The third-order valence-electron chi connectivity index (χ3n) is 4.19. The predicted octanol–water partition coefficient (Wildman–Crippen LogP) is 1.89. The number of rotatable bonds is 5. The number of hydrogen-bond donors (Lipinski definition) is 1. The van der Waals surface area contributed by atoms with Crippen LogP contribution in [0.2, 0.25) is 0 Å². The maximum atomic E-state index is 12.3. The molecule has 1 amide bonds. The van der Waals surface area contributed by atoms with E-state index < -0.39 is 16.0 Å². The van der Waals surface area contributed by atoms with Gasteiger partial charge in [-0.25, -0.2) is 18.4 Å². The first-order valence-corrected chi connectivity index (χ1v) is 10.6. The third-order valence-corrected chi connectivity index (χ3v) is 6.38. The van der Waals surface area contributed by atoms with Gasteiger partial charge >= 0.3 is 5.97 Å². The molecule has 1 aliphatic rings. The summed E-state index contributed by atoms with van der Waals surface area (Å²) in [6.07, 6.45) is 0. The first kappa shape index (κ1) is 19.4. The van der Waals surface area contributed by atoms with Gasteiger partial charge in [0.05, 0.1) is 23.3 Å². The Hall–Kier alpha value is -2.36. The van der Waals surface area contributed by atoms with Crippen LogP contribution in [-0.4, -0.2) is 38.1 Å². The Morgan fingerprint density at radius 1 is 1.19 bits per heavy atom. The number of ether oxygens (including phenoxy) is 1. The molecule has 1 fully saturated rings. The van der Waals surface area contributed by atoms with Gasteiger partial charge in [0.1, 0.15) is 5.37 Å². The summed E-state index contributed by atoms with van der Waals surface area (Å²) >= 11 is 1.50. The smallest absolute Gasteiger partial charge is 0.337 e. The molecule has 2 aromatic rings. The predicted molar refractivity (Wildman–Crippen MR) is 101 cm³/mol. The zero-order valence-corrected chi connectivity index (χ0v) is 16.1. The number of thioether (sulfide) groups is 1. The lowest BCUT2D eigenvalue weighted by molar-refractivity contribution is -0.128. The Balaban J connectivity index is 1.79. The molecule has 1 unspecified atom stereocenters. The number of carbonyl (C=O) groups excluding carboxylic acids is 2. The molecule has 1 atom stereocenters. The number of hydrogen-bond acceptors (Lipinski definition) is 6. The molecule has 0 aliphatic carbocycles. The molecule has 0 aromatic heterocycles. The lowest BCUT2D eigenvalue weighted by Gasteiger charge is -2.24. The molecular formula is C18H18N2O5S2. The van der Waals surface area contributed by atoms with Crippen molar-refractivity contribution in [1.82, 2.24) is 4.90 Å². The van der Waals surface area contributed by atoms with E-state index in [0.717, 1.165) is 11.1 Å². The number of methoxy groups -OCH3 is 1. The average molecular weight is 406 g/mol. The Labute approximate surface area is 161 Å². The van der Waals surface area contributed by atoms with Crippen LogP contribution in [0, 0.1) is 0 Å². The average Bonchev–Trinajstić information content (AvgIpc) is 3.01.